The van der Waals surface area contributed by atoms with Crippen molar-refractivity contribution in [1.82, 2.24) is 4.90 Å². The first-order chi connectivity index (χ1) is 6.16. The number of hydrogen-bond acceptors (Lipinski definition) is 1. The zero-order valence-electron chi connectivity index (χ0n) is 8.42. The number of carbonyl (C=O) groups excluding carboxylic acids is 1. The Hall–Kier alpha value is -0.0500. The molecule has 0 N–H and O–H groups in total. The van der Waals surface area contributed by atoms with E-state index in [4.69, 9.17) is 0 Å². The molecule has 1 unspecified atom stereocenters. The minimum absolute atomic E-state index is 0.250. The molecule has 3 heteroatoms. The van der Waals surface area contributed by atoms with E-state index >= 15 is 0 Å². The van der Waals surface area contributed by atoms with Crippen LogP contribution < -0.4 is 0 Å². The maximum atomic E-state index is 11.7. The second kappa shape index (κ2) is 4.99. The summed E-state index contributed by atoms with van der Waals surface area (Å²) >= 11 is 3.37. The summed E-state index contributed by atoms with van der Waals surface area (Å²) in [4.78, 5) is 13.6. The number of nitrogens with zero attached hydrogens (tertiary/aromatic N) is 1. The fourth-order valence-electron chi connectivity index (χ4n) is 1.55. The molecule has 0 aliphatic heterocycles. The molecule has 1 aliphatic carbocycles. The number of alkyl halides is 1. The zero-order valence-corrected chi connectivity index (χ0v) is 10.0. The highest BCUT2D eigenvalue weighted by Gasteiger charge is 2.33. The first-order valence-corrected chi connectivity index (χ1v) is 6.10. The van der Waals surface area contributed by atoms with Crippen LogP contribution in [0, 0.1) is 11.8 Å². The van der Waals surface area contributed by atoms with Crippen molar-refractivity contribution in [2.75, 3.05) is 18.9 Å². The zero-order chi connectivity index (χ0) is 9.84. The standard InChI is InChI=1S/C10H18BrNO/c1-8(9-4-5-9)10(13)12(2)7-3-6-11/h8-9H,3-7H2,1-2H3. The Morgan fingerprint density at radius 3 is 2.69 bits per heavy atom. The van der Waals surface area contributed by atoms with Crippen LogP contribution in [0.2, 0.25) is 0 Å². The van der Waals surface area contributed by atoms with Crippen LogP contribution in [0.25, 0.3) is 0 Å². The van der Waals surface area contributed by atoms with Crippen molar-refractivity contribution in [3.05, 3.63) is 0 Å². The van der Waals surface area contributed by atoms with Crippen molar-refractivity contribution in [3.63, 3.8) is 0 Å². The number of halogens is 1. The number of carbonyl (C=O) groups is 1. The van der Waals surface area contributed by atoms with E-state index in [1.807, 2.05) is 11.9 Å². The van der Waals surface area contributed by atoms with Crippen LogP contribution in [0.1, 0.15) is 26.2 Å². The molecule has 13 heavy (non-hydrogen) atoms. The Labute approximate surface area is 88.8 Å². The summed E-state index contributed by atoms with van der Waals surface area (Å²) in [7, 11) is 1.91. The van der Waals surface area contributed by atoms with Crippen LogP contribution >= 0.6 is 15.9 Å². The monoisotopic (exact) mass is 247 g/mol. The largest absolute Gasteiger partial charge is 0.345 e. The van der Waals surface area contributed by atoms with Gasteiger partial charge in [0.15, 0.2) is 0 Å². The third-order valence-electron chi connectivity index (χ3n) is 2.72. The van der Waals surface area contributed by atoms with E-state index in [2.05, 4.69) is 22.9 Å². The topological polar surface area (TPSA) is 20.3 Å². The Kier molecular flexibility index (Phi) is 4.23. The minimum atomic E-state index is 0.250. The molecule has 0 aromatic rings. The molecule has 76 valence electrons. The highest BCUT2D eigenvalue weighted by atomic mass is 79.9. The lowest BCUT2D eigenvalue weighted by Crippen LogP contribution is -2.33. The van der Waals surface area contributed by atoms with E-state index in [1.165, 1.54) is 12.8 Å². The van der Waals surface area contributed by atoms with E-state index in [0.717, 1.165) is 18.3 Å². The molecular formula is C10H18BrNO. The quantitative estimate of drug-likeness (QED) is 0.683. The normalized spacial score (nSPS) is 18.4. The summed E-state index contributed by atoms with van der Waals surface area (Å²) in [6, 6.07) is 0. The molecule has 1 amide bonds. The average Bonchev–Trinajstić information content (AvgIpc) is 2.94. The number of rotatable bonds is 5. The SMILES string of the molecule is CC(C(=O)N(C)CCCBr)C1CC1. The minimum Gasteiger partial charge on any atom is -0.345 e. The summed E-state index contributed by atoms with van der Waals surface area (Å²) in [5, 5.41) is 0.975. The first-order valence-electron chi connectivity index (χ1n) is 4.97. The molecule has 1 rings (SSSR count). The molecule has 0 aromatic heterocycles. The molecule has 0 saturated heterocycles. The van der Waals surface area contributed by atoms with E-state index in [0.29, 0.717) is 11.8 Å². The molecule has 0 radical (unpaired) electrons. The maximum Gasteiger partial charge on any atom is 0.225 e. The fraction of sp³-hybridized carbons (Fsp3) is 0.900. The Bertz CT molecular complexity index is 180. The van der Waals surface area contributed by atoms with E-state index in [-0.39, 0.29) is 5.92 Å². The van der Waals surface area contributed by atoms with Gasteiger partial charge in [0.2, 0.25) is 5.91 Å². The van der Waals surface area contributed by atoms with Gasteiger partial charge in [-0.25, -0.2) is 0 Å². The molecule has 1 fully saturated rings. The molecule has 0 bridgehead atoms. The highest BCUT2D eigenvalue weighted by Crippen LogP contribution is 2.37. The number of amides is 1. The summed E-state index contributed by atoms with van der Waals surface area (Å²) < 4.78 is 0. The van der Waals surface area contributed by atoms with Gasteiger partial charge in [0.1, 0.15) is 0 Å². The number of hydrogen-bond donors (Lipinski definition) is 0. The summed E-state index contributed by atoms with van der Waals surface area (Å²) in [6.45, 7) is 2.94. The van der Waals surface area contributed by atoms with Crippen molar-refractivity contribution in [2.24, 2.45) is 11.8 Å². The van der Waals surface area contributed by atoms with Crippen molar-refractivity contribution < 1.29 is 4.79 Å². The lowest BCUT2D eigenvalue weighted by atomic mass is 10.1. The van der Waals surface area contributed by atoms with Crippen LogP contribution in [0.5, 0.6) is 0 Å². The third-order valence-corrected chi connectivity index (χ3v) is 3.28. The predicted molar refractivity (Wildman–Crippen MR) is 57.9 cm³/mol. The molecule has 1 aliphatic rings. The van der Waals surface area contributed by atoms with Crippen LogP contribution in [-0.2, 0) is 4.79 Å². The van der Waals surface area contributed by atoms with E-state index < -0.39 is 0 Å². The first kappa shape index (κ1) is 11.0. The molecular weight excluding hydrogens is 230 g/mol. The third kappa shape index (κ3) is 3.29. The molecule has 0 spiro atoms. The molecule has 1 atom stereocenters. The van der Waals surface area contributed by atoms with Crippen molar-refractivity contribution in [2.45, 2.75) is 26.2 Å². The lowest BCUT2D eigenvalue weighted by molar-refractivity contribution is -0.134. The van der Waals surface area contributed by atoms with E-state index in [1.54, 1.807) is 0 Å². The van der Waals surface area contributed by atoms with Crippen molar-refractivity contribution in [3.8, 4) is 0 Å². The van der Waals surface area contributed by atoms with Gasteiger partial charge in [-0.1, -0.05) is 22.9 Å². The maximum absolute atomic E-state index is 11.7. The van der Waals surface area contributed by atoms with Crippen molar-refractivity contribution >= 4 is 21.8 Å². The molecule has 1 saturated carbocycles. The van der Waals surface area contributed by atoms with Gasteiger partial charge < -0.3 is 4.90 Å². The Morgan fingerprint density at radius 1 is 1.62 bits per heavy atom. The molecule has 0 aromatic carbocycles. The van der Waals surface area contributed by atoms with Gasteiger partial charge in [-0.3, -0.25) is 4.79 Å². The van der Waals surface area contributed by atoms with Gasteiger partial charge in [0.05, 0.1) is 0 Å². The highest BCUT2D eigenvalue weighted by molar-refractivity contribution is 9.09. The van der Waals surface area contributed by atoms with Crippen LogP contribution in [0.15, 0.2) is 0 Å². The second-order valence-electron chi connectivity index (χ2n) is 3.93. The summed E-state index contributed by atoms with van der Waals surface area (Å²) in [5.74, 6) is 1.25. The van der Waals surface area contributed by atoms with Gasteiger partial charge in [-0.15, -0.1) is 0 Å². The Balaban J connectivity index is 2.27. The van der Waals surface area contributed by atoms with Gasteiger partial charge in [0.25, 0.3) is 0 Å². The molecule has 0 heterocycles. The summed E-state index contributed by atoms with van der Waals surface area (Å²) in [6.07, 6.45) is 3.54. The second-order valence-corrected chi connectivity index (χ2v) is 4.72. The van der Waals surface area contributed by atoms with Gasteiger partial charge >= 0.3 is 0 Å². The average molecular weight is 248 g/mol. The fourth-order valence-corrected chi connectivity index (χ4v) is 1.80. The summed E-state index contributed by atoms with van der Waals surface area (Å²) in [5.41, 5.74) is 0. The smallest absolute Gasteiger partial charge is 0.225 e. The van der Waals surface area contributed by atoms with E-state index in [9.17, 15) is 4.79 Å². The van der Waals surface area contributed by atoms with Crippen LogP contribution in [-0.4, -0.2) is 29.7 Å². The van der Waals surface area contributed by atoms with Crippen LogP contribution in [0.3, 0.4) is 0 Å². The lowest BCUT2D eigenvalue weighted by Gasteiger charge is -2.20. The van der Waals surface area contributed by atoms with Gasteiger partial charge in [-0.2, -0.15) is 0 Å². The Morgan fingerprint density at radius 2 is 2.23 bits per heavy atom. The van der Waals surface area contributed by atoms with Crippen molar-refractivity contribution in [1.29, 1.82) is 0 Å². The van der Waals surface area contributed by atoms with Gasteiger partial charge in [0, 0.05) is 24.8 Å². The predicted octanol–water partition coefficient (Wildman–Crippen LogP) is 2.28. The molecule has 2 nitrogen and oxygen atoms in total. The van der Waals surface area contributed by atoms with Crippen LogP contribution in [0.4, 0.5) is 0 Å². The van der Waals surface area contributed by atoms with Gasteiger partial charge in [-0.05, 0) is 25.2 Å².